The van der Waals surface area contributed by atoms with E-state index in [9.17, 15) is 22.4 Å². The third-order valence-corrected chi connectivity index (χ3v) is 7.34. The molecule has 0 aliphatic carbocycles. The molecule has 2 unspecified atom stereocenters. The van der Waals surface area contributed by atoms with E-state index in [1.165, 1.54) is 6.07 Å². The summed E-state index contributed by atoms with van der Waals surface area (Å²) in [6, 6.07) is 11.6. The molecule has 0 radical (unpaired) electrons. The first-order valence-corrected chi connectivity index (χ1v) is 12.0. The number of carbonyl (C=O) groups is 1. The molecule has 1 aliphatic rings. The molecule has 0 fully saturated rings. The molecule has 1 aliphatic heterocycles. The number of rotatable bonds is 7. The zero-order valence-electron chi connectivity index (χ0n) is 20.6. The summed E-state index contributed by atoms with van der Waals surface area (Å²) in [6.45, 7) is 6.91. The summed E-state index contributed by atoms with van der Waals surface area (Å²) in [5, 5.41) is 4.68. The Hall–Kier alpha value is -3.20. The molecule has 2 aromatic carbocycles. The van der Waals surface area contributed by atoms with Gasteiger partial charge in [-0.15, -0.1) is 0 Å². The van der Waals surface area contributed by atoms with Crippen LogP contribution in [0.5, 0.6) is 0 Å². The van der Waals surface area contributed by atoms with Crippen molar-refractivity contribution in [3.63, 3.8) is 0 Å². The number of carbonyl (C=O) groups excluding carboxylic acids is 1. The van der Waals surface area contributed by atoms with Gasteiger partial charge in [-0.3, -0.25) is 14.4 Å². The van der Waals surface area contributed by atoms with Crippen molar-refractivity contribution in [3.05, 3.63) is 88.0 Å². The minimum absolute atomic E-state index is 0.185. The Labute approximate surface area is 207 Å². The van der Waals surface area contributed by atoms with E-state index in [1.807, 2.05) is 53.8 Å². The highest BCUT2D eigenvalue weighted by molar-refractivity contribution is 5.86. The maximum absolute atomic E-state index is 14.7. The molecule has 2 atom stereocenters. The van der Waals surface area contributed by atoms with Crippen molar-refractivity contribution in [2.75, 3.05) is 6.54 Å². The maximum atomic E-state index is 14.7. The van der Waals surface area contributed by atoms with E-state index in [0.29, 0.717) is 32.0 Å². The molecule has 9 heteroatoms. The number of hydrogen-bond donors (Lipinski definition) is 1. The Balaban J connectivity index is 1.76. The molecule has 0 spiro atoms. The molecule has 1 aromatic heterocycles. The van der Waals surface area contributed by atoms with Crippen molar-refractivity contribution in [2.24, 2.45) is 5.73 Å². The lowest BCUT2D eigenvalue weighted by atomic mass is 9.82. The number of aryl methyl sites for hydroxylation is 3. The second-order valence-electron chi connectivity index (χ2n) is 9.37. The third kappa shape index (κ3) is 4.52. The number of benzene rings is 2. The summed E-state index contributed by atoms with van der Waals surface area (Å²) >= 11 is 0. The van der Waals surface area contributed by atoms with Gasteiger partial charge in [-0.2, -0.15) is 18.3 Å². The van der Waals surface area contributed by atoms with Crippen LogP contribution < -0.4 is 5.73 Å². The van der Waals surface area contributed by atoms with Crippen molar-refractivity contribution >= 4 is 5.91 Å². The monoisotopic (exact) mass is 502 g/mol. The van der Waals surface area contributed by atoms with E-state index in [-0.39, 0.29) is 18.0 Å². The van der Waals surface area contributed by atoms with Crippen LogP contribution in [-0.2, 0) is 35.9 Å². The minimum Gasteiger partial charge on any atom is -0.368 e. The highest BCUT2D eigenvalue weighted by Crippen LogP contribution is 2.43. The van der Waals surface area contributed by atoms with Gasteiger partial charge < -0.3 is 5.73 Å². The second kappa shape index (κ2) is 9.69. The van der Waals surface area contributed by atoms with E-state index in [4.69, 9.17) is 5.73 Å². The van der Waals surface area contributed by atoms with Gasteiger partial charge in [0.2, 0.25) is 5.91 Å². The Morgan fingerprint density at radius 1 is 1.14 bits per heavy atom. The first kappa shape index (κ1) is 25.9. The number of fused-ring (bicyclic) bond motifs is 1. The molecule has 0 saturated heterocycles. The molecule has 2 heterocycles. The van der Waals surface area contributed by atoms with Gasteiger partial charge in [-0.25, -0.2) is 4.39 Å². The van der Waals surface area contributed by atoms with Crippen molar-refractivity contribution in [3.8, 4) is 0 Å². The standard InChI is InChI=1S/C27H30F4N4O/c1-4-35-23-14-15-34(26(3,25(32)36)19-8-6-5-7-9-19)22(24(23)17(2)33-35)13-11-18-10-12-20(16-21(18)28)27(29,30)31/h5-10,12,16,22H,4,11,13-15H2,1-3H3,(H2,32,36). The number of alkyl halides is 3. The summed E-state index contributed by atoms with van der Waals surface area (Å²) in [5.41, 5.74) is 7.62. The van der Waals surface area contributed by atoms with Crippen molar-refractivity contribution in [2.45, 2.75) is 64.3 Å². The lowest BCUT2D eigenvalue weighted by Gasteiger charge is -2.47. The first-order chi connectivity index (χ1) is 17.0. The van der Waals surface area contributed by atoms with E-state index in [2.05, 4.69) is 5.10 Å². The van der Waals surface area contributed by atoms with Gasteiger partial charge >= 0.3 is 6.18 Å². The zero-order valence-corrected chi connectivity index (χ0v) is 20.6. The fraction of sp³-hybridized carbons (Fsp3) is 0.407. The summed E-state index contributed by atoms with van der Waals surface area (Å²) in [4.78, 5) is 15.0. The van der Waals surface area contributed by atoms with Crippen LogP contribution in [0.15, 0.2) is 48.5 Å². The predicted molar refractivity (Wildman–Crippen MR) is 129 cm³/mol. The topological polar surface area (TPSA) is 64.2 Å². The fourth-order valence-electron chi connectivity index (χ4n) is 5.41. The number of hydrogen-bond acceptors (Lipinski definition) is 3. The van der Waals surface area contributed by atoms with E-state index < -0.39 is 29.0 Å². The Kier molecular flexibility index (Phi) is 6.96. The summed E-state index contributed by atoms with van der Waals surface area (Å²) in [7, 11) is 0. The lowest BCUT2D eigenvalue weighted by molar-refractivity contribution is -0.137. The van der Waals surface area contributed by atoms with Crippen molar-refractivity contribution in [1.82, 2.24) is 14.7 Å². The minimum atomic E-state index is -4.61. The number of halogens is 4. The highest BCUT2D eigenvalue weighted by Gasteiger charge is 2.46. The number of primary amides is 1. The van der Waals surface area contributed by atoms with Gasteiger partial charge in [-0.1, -0.05) is 36.4 Å². The zero-order chi connectivity index (χ0) is 26.3. The molecule has 0 bridgehead atoms. The second-order valence-corrected chi connectivity index (χ2v) is 9.37. The van der Waals surface area contributed by atoms with E-state index in [0.717, 1.165) is 28.6 Å². The van der Waals surface area contributed by atoms with Crippen LogP contribution in [0.3, 0.4) is 0 Å². The van der Waals surface area contributed by atoms with Crippen LogP contribution in [-0.4, -0.2) is 27.1 Å². The Morgan fingerprint density at radius 2 is 1.83 bits per heavy atom. The summed E-state index contributed by atoms with van der Waals surface area (Å²) in [6.07, 6.45) is -3.39. The third-order valence-electron chi connectivity index (χ3n) is 7.34. The predicted octanol–water partition coefficient (Wildman–Crippen LogP) is 5.30. The van der Waals surface area contributed by atoms with Crippen molar-refractivity contribution in [1.29, 1.82) is 0 Å². The average Bonchev–Trinajstić information content (AvgIpc) is 3.18. The van der Waals surface area contributed by atoms with E-state index in [1.54, 1.807) is 6.92 Å². The summed E-state index contributed by atoms with van der Waals surface area (Å²) in [5.74, 6) is -1.41. The molecule has 0 saturated carbocycles. The maximum Gasteiger partial charge on any atom is 0.416 e. The molecular weight excluding hydrogens is 472 g/mol. The molecule has 1 amide bonds. The van der Waals surface area contributed by atoms with Crippen LogP contribution >= 0.6 is 0 Å². The number of nitrogens with zero attached hydrogens (tertiary/aromatic N) is 3. The molecule has 192 valence electrons. The summed E-state index contributed by atoms with van der Waals surface area (Å²) < 4.78 is 55.7. The van der Waals surface area contributed by atoms with Gasteiger partial charge in [0.1, 0.15) is 11.4 Å². The molecular formula is C27H30F4N4O. The van der Waals surface area contributed by atoms with Gasteiger partial charge in [0.05, 0.1) is 11.3 Å². The van der Waals surface area contributed by atoms with Crippen LogP contribution in [0.4, 0.5) is 17.6 Å². The van der Waals surface area contributed by atoms with Gasteiger partial charge in [0.15, 0.2) is 0 Å². The normalized spacial score (nSPS) is 18.0. The van der Waals surface area contributed by atoms with Crippen molar-refractivity contribution < 1.29 is 22.4 Å². The van der Waals surface area contributed by atoms with Crippen LogP contribution in [0, 0.1) is 12.7 Å². The fourth-order valence-corrected chi connectivity index (χ4v) is 5.41. The molecule has 2 N–H and O–H groups in total. The van der Waals surface area contributed by atoms with Crippen LogP contribution in [0.2, 0.25) is 0 Å². The van der Waals surface area contributed by atoms with Gasteiger partial charge in [0.25, 0.3) is 0 Å². The largest absolute Gasteiger partial charge is 0.416 e. The van der Waals surface area contributed by atoms with Crippen LogP contribution in [0.25, 0.3) is 0 Å². The lowest BCUT2D eigenvalue weighted by Crippen LogP contribution is -2.56. The van der Waals surface area contributed by atoms with Crippen LogP contribution in [0.1, 0.15) is 60.0 Å². The average molecular weight is 503 g/mol. The smallest absolute Gasteiger partial charge is 0.368 e. The quantitative estimate of drug-likeness (QED) is 0.446. The van der Waals surface area contributed by atoms with Gasteiger partial charge in [-0.05, 0) is 56.9 Å². The number of aromatic nitrogens is 2. The number of amides is 1. The Bertz CT molecular complexity index is 1250. The van der Waals surface area contributed by atoms with E-state index >= 15 is 0 Å². The molecule has 36 heavy (non-hydrogen) atoms. The molecule has 3 aromatic rings. The first-order valence-electron chi connectivity index (χ1n) is 12.0. The molecule has 4 rings (SSSR count). The molecule has 5 nitrogen and oxygen atoms in total. The SMILES string of the molecule is CCn1nc(C)c2c1CCN(C(C)(C(N)=O)c1ccccc1)C2CCc1ccc(C(F)(F)F)cc1F. The van der Waals surface area contributed by atoms with Gasteiger partial charge in [0, 0.05) is 36.8 Å². The Morgan fingerprint density at radius 3 is 2.42 bits per heavy atom. The number of nitrogens with two attached hydrogens (primary N) is 1. The highest BCUT2D eigenvalue weighted by atomic mass is 19.4.